The molecule has 1 aromatic carbocycles. The molecule has 1 saturated heterocycles. The first-order chi connectivity index (χ1) is 7.58. The van der Waals surface area contributed by atoms with Crippen molar-refractivity contribution in [3.05, 3.63) is 29.8 Å². The molecule has 16 heavy (non-hydrogen) atoms. The molecule has 0 spiro atoms. The summed E-state index contributed by atoms with van der Waals surface area (Å²) < 4.78 is 0. The Morgan fingerprint density at radius 1 is 1.19 bits per heavy atom. The lowest BCUT2D eigenvalue weighted by molar-refractivity contribution is -0.125. The van der Waals surface area contributed by atoms with Gasteiger partial charge in [0.1, 0.15) is 0 Å². The molecule has 6 heteroatoms. The largest absolute Gasteiger partial charge is 0.488 e. The smallest absolute Gasteiger partial charge is 0.423 e. The molecule has 0 aliphatic carbocycles. The van der Waals surface area contributed by atoms with Crippen LogP contribution in [0.4, 0.5) is 0 Å². The normalized spacial score (nSPS) is 19.8. The third-order valence-electron chi connectivity index (χ3n) is 2.61. The van der Waals surface area contributed by atoms with Crippen LogP contribution < -0.4 is 10.8 Å². The second kappa shape index (κ2) is 4.07. The quantitative estimate of drug-likeness (QED) is 0.417. The highest BCUT2D eigenvalue weighted by molar-refractivity contribution is 6.58. The zero-order valence-electron chi connectivity index (χ0n) is 8.38. The van der Waals surface area contributed by atoms with Gasteiger partial charge in [-0.25, -0.2) is 0 Å². The Kier molecular flexibility index (Phi) is 2.76. The third kappa shape index (κ3) is 1.98. The highest BCUT2D eigenvalue weighted by Gasteiger charge is 2.31. The maximum atomic E-state index is 11.4. The lowest BCUT2D eigenvalue weighted by Gasteiger charge is -2.07. The fraction of sp³-hybridized carbons (Fsp3) is 0.200. The second-order valence-electron chi connectivity index (χ2n) is 3.71. The van der Waals surface area contributed by atoms with Crippen LogP contribution in [-0.2, 0) is 9.59 Å². The number of amides is 2. The first kappa shape index (κ1) is 10.8. The van der Waals surface area contributed by atoms with Crippen molar-refractivity contribution in [3.8, 4) is 0 Å². The fourth-order valence-electron chi connectivity index (χ4n) is 1.72. The number of rotatable bonds is 2. The van der Waals surface area contributed by atoms with Gasteiger partial charge in [0, 0.05) is 6.42 Å². The molecule has 82 valence electrons. The van der Waals surface area contributed by atoms with E-state index >= 15 is 0 Å². The highest BCUT2D eigenvalue weighted by Crippen LogP contribution is 2.23. The van der Waals surface area contributed by atoms with Crippen LogP contribution in [0.1, 0.15) is 17.9 Å². The van der Waals surface area contributed by atoms with E-state index < -0.39 is 13.0 Å². The Morgan fingerprint density at radius 3 is 2.25 bits per heavy atom. The Morgan fingerprint density at radius 2 is 1.81 bits per heavy atom. The molecule has 1 aliphatic rings. The summed E-state index contributed by atoms with van der Waals surface area (Å²) in [4.78, 5) is 22.4. The molecule has 1 heterocycles. The number of carbonyl (C=O) groups is 2. The van der Waals surface area contributed by atoms with Crippen LogP contribution in [0.15, 0.2) is 24.3 Å². The summed E-state index contributed by atoms with van der Waals surface area (Å²) in [6.07, 6.45) is 0.153. The zero-order valence-corrected chi connectivity index (χ0v) is 8.38. The van der Waals surface area contributed by atoms with Crippen molar-refractivity contribution in [1.82, 2.24) is 5.32 Å². The number of hydrogen-bond acceptors (Lipinski definition) is 4. The number of benzene rings is 1. The Bertz CT molecular complexity index is 429. The summed E-state index contributed by atoms with van der Waals surface area (Å²) in [5.41, 5.74) is 1.06. The van der Waals surface area contributed by atoms with Crippen LogP contribution in [0.2, 0.25) is 0 Å². The minimum Gasteiger partial charge on any atom is -0.423 e. The van der Waals surface area contributed by atoms with Crippen molar-refractivity contribution in [2.45, 2.75) is 12.3 Å². The van der Waals surface area contributed by atoms with Crippen LogP contribution >= 0.6 is 0 Å². The summed E-state index contributed by atoms with van der Waals surface area (Å²) in [5, 5.41) is 20.0. The van der Waals surface area contributed by atoms with E-state index in [0.717, 1.165) is 0 Å². The molecule has 0 saturated carbocycles. The molecular formula is C10H10BNO4. The predicted molar refractivity (Wildman–Crippen MR) is 56.8 cm³/mol. The van der Waals surface area contributed by atoms with Gasteiger partial charge >= 0.3 is 7.12 Å². The van der Waals surface area contributed by atoms with Crippen LogP contribution in [0.25, 0.3) is 0 Å². The van der Waals surface area contributed by atoms with Crippen LogP contribution in [-0.4, -0.2) is 29.0 Å². The van der Waals surface area contributed by atoms with Crippen molar-refractivity contribution >= 4 is 24.4 Å². The van der Waals surface area contributed by atoms with Gasteiger partial charge in [0.2, 0.25) is 11.8 Å². The zero-order chi connectivity index (χ0) is 11.7. The number of imide groups is 1. The monoisotopic (exact) mass is 219 g/mol. The number of nitrogens with one attached hydrogen (secondary N) is 1. The number of hydrogen-bond donors (Lipinski definition) is 3. The molecule has 0 bridgehead atoms. The van der Waals surface area contributed by atoms with E-state index in [9.17, 15) is 9.59 Å². The van der Waals surface area contributed by atoms with Crippen molar-refractivity contribution < 1.29 is 19.6 Å². The molecule has 3 N–H and O–H groups in total. The molecule has 2 amide bonds. The van der Waals surface area contributed by atoms with E-state index in [1.54, 1.807) is 12.1 Å². The van der Waals surface area contributed by atoms with Gasteiger partial charge in [-0.1, -0.05) is 24.3 Å². The standard InChI is InChI=1S/C10H10BNO4/c13-9-5-8(10(14)12-9)6-1-3-7(4-2-6)11(15)16/h1-4,8,15-16H,5H2,(H,12,13,14). The SMILES string of the molecule is O=C1CC(c2ccc(B(O)O)cc2)C(=O)N1. The van der Waals surface area contributed by atoms with Crippen LogP contribution in [0.5, 0.6) is 0 Å². The second-order valence-corrected chi connectivity index (χ2v) is 3.71. The topological polar surface area (TPSA) is 86.6 Å². The minimum atomic E-state index is -1.52. The maximum Gasteiger partial charge on any atom is 0.488 e. The molecule has 1 aliphatic heterocycles. The lowest BCUT2D eigenvalue weighted by atomic mass is 9.79. The van der Waals surface area contributed by atoms with E-state index in [0.29, 0.717) is 11.0 Å². The maximum absolute atomic E-state index is 11.4. The fourth-order valence-corrected chi connectivity index (χ4v) is 1.72. The minimum absolute atomic E-state index is 0.153. The molecule has 1 fully saturated rings. The molecule has 5 nitrogen and oxygen atoms in total. The molecule has 1 atom stereocenters. The van der Waals surface area contributed by atoms with Gasteiger partial charge in [0.15, 0.2) is 0 Å². The van der Waals surface area contributed by atoms with Crippen molar-refractivity contribution in [2.24, 2.45) is 0 Å². The van der Waals surface area contributed by atoms with E-state index in [2.05, 4.69) is 5.32 Å². The molecule has 0 aromatic heterocycles. The van der Waals surface area contributed by atoms with Crippen molar-refractivity contribution in [2.75, 3.05) is 0 Å². The first-order valence-corrected chi connectivity index (χ1v) is 4.87. The summed E-state index contributed by atoms with van der Waals surface area (Å²) in [6, 6.07) is 6.29. The molecule has 1 aromatic rings. The van der Waals surface area contributed by atoms with Crippen molar-refractivity contribution in [1.29, 1.82) is 0 Å². The van der Waals surface area contributed by atoms with Gasteiger partial charge in [0.05, 0.1) is 5.92 Å². The molecule has 0 radical (unpaired) electrons. The van der Waals surface area contributed by atoms with Gasteiger partial charge in [-0.2, -0.15) is 0 Å². The average molecular weight is 219 g/mol. The van der Waals surface area contributed by atoms with E-state index in [1.165, 1.54) is 12.1 Å². The van der Waals surface area contributed by atoms with E-state index in [1.807, 2.05) is 0 Å². The Labute approximate surface area is 92.2 Å². The van der Waals surface area contributed by atoms with Gasteiger partial charge in [-0.15, -0.1) is 0 Å². The van der Waals surface area contributed by atoms with E-state index in [4.69, 9.17) is 10.0 Å². The summed E-state index contributed by atoms with van der Waals surface area (Å²) in [7, 11) is -1.52. The molecule has 2 rings (SSSR count). The van der Waals surface area contributed by atoms with Crippen LogP contribution in [0, 0.1) is 0 Å². The summed E-state index contributed by atoms with van der Waals surface area (Å²) in [6.45, 7) is 0. The van der Waals surface area contributed by atoms with Crippen LogP contribution in [0.3, 0.4) is 0 Å². The van der Waals surface area contributed by atoms with Gasteiger partial charge in [0.25, 0.3) is 0 Å². The Hall–Kier alpha value is -1.66. The van der Waals surface area contributed by atoms with Gasteiger partial charge < -0.3 is 10.0 Å². The number of carbonyl (C=O) groups excluding carboxylic acids is 2. The van der Waals surface area contributed by atoms with Gasteiger partial charge in [-0.05, 0) is 11.0 Å². The van der Waals surface area contributed by atoms with E-state index in [-0.39, 0.29) is 18.2 Å². The summed E-state index contributed by atoms with van der Waals surface area (Å²) >= 11 is 0. The third-order valence-corrected chi connectivity index (χ3v) is 2.61. The first-order valence-electron chi connectivity index (χ1n) is 4.87. The van der Waals surface area contributed by atoms with Gasteiger partial charge in [-0.3, -0.25) is 14.9 Å². The average Bonchev–Trinajstić information content (AvgIpc) is 2.58. The summed E-state index contributed by atoms with van der Waals surface area (Å²) in [5.74, 6) is -1.04. The molecule has 1 unspecified atom stereocenters. The predicted octanol–water partition coefficient (Wildman–Crippen LogP) is -1.50. The lowest BCUT2D eigenvalue weighted by Crippen LogP contribution is -2.29. The highest BCUT2D eigenvalue weighted by atomic mass is 16.4. The van der Waals surface area contributed by atoms with Crippen molar-refractivity contribution in [3.63, 3.8) is 0 Å². The molecular weight excluding hydrogens is 209 g/mol. The Balaban J connectivity index is 2.22.